The van der Waals surface area contributed by atoms with Crippen LogP contribution in [0.25, 0.3) is 22.7 Å². The smallest absolute Gasteiger partial charge is 0.260 e. The number of carbonyl (C=O) groups is 2. The highest BCUT2D eigenvalue weighted by atomic mass is 35.5. The molecule has 1 amide bonds. The average Bonchev–Trinajstić information content (AvgIpc) is 3.39. The Morgan fingerprint density at radius 2 is 1.66 bits per heavy atom. The van der Waals surface area contributed by atoms with Crippen molar-refractivity contribution in [2.75, 3.05) is 11.4 Å². The van der Waals surface area contributed by atoms with Crippen LogP contribution in [0.3, 0.4) is 0 Å². The standard InChI is InChI=1S/C27H22Cl4N4O3/c28-18-7-4-8-19(29)25(18)22-15-24(38-34-22)21-14-17(9-11-33-21)35(27(37)26(30)31)12-10-23(36)20(32)13-16-5-2-1-3-6-16/h1-9,11,14-15,20,26H,10,12-13,32H2. The van der Waals surface area contributed by atoms with Gasteiger partial charge in [-0.05, 0) is 36.2 Å². The Morgan fingerprint density at radius 3 is 2.34 bits per heavy atom. The molecule has 2 N–H and O–H groups in total. The van der Waals surface area contributed by atoms with Crippen LogP contribution in [-0.4, -0.2) is 39.3 Å². The molecule has 1 unspecified atom stereocenters. The van der Waals surface area contributed by atoms with E-state index in [4.69, 9.17) is 56.7 Å². The van der Waals surface area contributed by atoms with Crippen molar-refractivity contribution in [3.05, 3.63) is 88.5 Å². The maximum absolute atomic E-state index is 12.9. The first-order valence-electron chi connectivity index (χ1n) is 11.5. The fourth-order valence-corrected chi connectivity index (χ4v) is 4.68. The number of halogens is 4. The first-order chi connectivity index (χ1) is 18.2. The molecule has 0 fully saturated rings. The van der Waals surface area contributed by atoms with Crippen molar-refractivity contribution >= 4 is 63.8 Å². The molecule has 2 heterocycles. The second-order valence-corrected chi connectivity index (χ2v) is 10.3. The number of ketones is 1. The summed E-state index contributed by atoms with van der Waals surface area (Å²) in [7, 11) is 0. The maximum atomic E-state index is 12.9. The van der Waals surface area contributed by atoms with Gasteiger partial charge in [0.2, 0.25) is 0 Å². The van der Waals surface area contributed by atoms with Crippen molar-refractivity contribution in [1.82, 2.24) is 10.1 Å². The van der Waals surface area contributed by atoms with Crippen molar-refractivity contribution in [3.8, 4) is 22.7 Å². The van der Waals surface area contributed by atoms with Crippen LogP contribution in [0.15, 0.2) is 77.4 Å². The van der Waals surface area contributed by atoms with E-state index in [0.29, 0.717) is 44.9 Å². The van der Waals surface area contributed by atoms with Gasteiger partial charge in [-0.3, -0.25) is 14.6 Å². The fourth-order valence-electron chi connectivity index (χ4n) is 3.85. The lowest BCUT2D eigenvalue weighted by atomic mass is 10.0. The highest BCUT2D eigenvalue weighted by Crippen LogP contribution is 2.36. The minimum atomic E-state index is -1.33. The Bertz CT molecular complexity index is 1410. The van der Waals surface area contributed by atoms with Crippen LogP contribution < -0.4 is 10.6 Å². The van der Waals surface area contributed by atoms with Crippen LogP contribution >= 0.6 is 46.4 Å². The Morgan fingerprint density at radius 1 is 0.947 bits per heavy atom. The summed E-state index contributed by atoms with van der Waals surface area (Å²) in [5.41, 5.74) is 8.83. The SMILES string of the molecule is NC(Cc1ccccc1)C(=O)CCN(C(=O)C(Cl)Cl)c1ccnc(-c2cc(-c3c(Cl)cccc3Cl)no2)c1. The molecule has 0 aliphatic rings. The molecule has 0 aliphatic heterocycles. The molecule has 2 aromatic heterocycles. The van der Waals surface area contributed by atoms with Crippen molar-refractivity contribution in [3.63, 3.8) is 0 Å². The molecule has 1 atom stereocenters. The third-order valence-electron chi connectivity index (χ3n) is 5.78. The van der Waals surface area contributed by atoms with Gasteiger partial charge >= 0.3 is 0 Å². The van der Waals surface area contributed by atoms with Gasteiger partial charge < -0.3 is 15.2 Å². The molecule has 0 bridgehead atoms. The number of hydrogen-bond donors (Lipinski definition) is 1. The van der Waals surface area contributed by atoms with Gasteiger partial charge in [0.25, 0.3) is 5.91 Å². The van der Waals surface area contributed by atoms with Gasteiger partial charge in [0.1, 0.15) is 11.4 Å². The zero-order chi connectivity index (χ0) is 27.2. The summed E-state index contributed by atoms with van der Waals surface area (Å²) in [4.78, 5) is 30.0. The van der Waals surface area contributed by atoms with Crippen molar-refractivity contribution in [1.29, 1.82) is 0 Å². The summed E-state index contributed by atoms with van der Waals surface area (Å²) in [5, 5.41) is 4.91. The first-order valence-corrected chi connectivity index (χ1v) is 13.2. The number of carbonyl (C=O) groups excluding carboxylic acids is 2. The van der Waals surface area contributed by atoms with Gasteiger partial charge in [0.05, 0.1) is 16.1 Å². The minimum absolute atomic E-state index is 0.00928. The van der Waals surface area contributed by atoms with Gasteiger partial charge in [-0.2, -0.15) is 0 Å². The van der Waals surface area contributed by atoms with Crippen LogP contribution in [0, 0.1) is 0 Å². The largest absolute Gasteiger partial charge is 0.354 e. The van der Waals surface area contributed by atoms with Crippen LogP contribution in [0.1, 0.15) is 12.0 Å². The van der Waals surface area contributed by atoms with Crippen molar-refractivity contribution in [2.24, 2.45) is 5.73 Å². The molecular formula is C27H22Cl4N4O3. The monoisotopic (exact) mass is 590 g/mol. The first kappa shape index (κ1) is 28.1. The lowest BCUT2D eigenvalue weighted by Crippen LogP contribution is -2.40. The van der Waals surface area contributed by atoms with Gasteiger partial charge in [0.15, 0.2) is 16.4 Å². The van der Waals surface area contributed by atoms with Gasteiger partial charge in [-0.15, -0.1) is 0 Å². The summed E-state index contributed by atoms with van der Waals surface area (Å²) in [6.45, 7) is 0.0242. The van der Waals surface area contributed by atoms with Crippen LogP contribution in [0.2, 0.25) is 10.0 Å². The number of Topliss-reactive ketones (excluding diaryl/α,β-unsaturated/α-hetero) is 1. The number of hydrogen-bond acceptors (Lipinski definition) is 6. The summed E-state index contributed by atoms with van der Waals surface area (Å²) >= 11 is 24.4. The number of anilines is 1. The molecule has 7 nitrogen and oxygen atoms in total. The summed E-state index contributed by atoms with van der Waals surface area (Å²) < 4.78 is 5.49. The Labute approximate surface area is 239 Å². The Hall–Kier alpha value is -2.94. The molecule has 0 saturated heterocycles. The summed E-state index contributed by atoms with van der Waals surface area (Å²) in [6, 6.07) is 18.7. The molecule has 4 aromatic rings. The van der Waals surface area contributed by atoms with E-state index in [0.717, 1.165) is 5.56 Å². The second kappa shape index (κ2) is 12.7. The zero-order valence-electron chi connectivity index (χ0n) is 19.9. The summed E-state index contributed by atoms with van der Waals surface area (Å²) in [5.74, 6) is -0.464. The van der Waals surface area contributed by atoms with Gasteiger partial charge in [-0.25, -0.2) is 0 Å². The number of rotatable bonds is 10. The van der Waals surface area contributed by atoms with E-state index in [9.17, 15) is 9.59 Å². The highest BCUT2D eigenvalue weighted by molar-refractivity contribution is 6.54. The quantitative estimate of drug-likeness (QED) is 0.215. The Kier molecular flexibility index (Phi) is 9.41. The van der Waals surface area contributed by atoms with Crippen molar-refractivity contribution < 1.29 is 14.1 Å². The lowest BCUT2D eigenvalue weighted by molar-refractivity contribution is -0.120. The molecule has 196 valence electrons. The van der Waals surface area contributed by atoms with E-state index in [1.807, 2.05) is 30.3 Å². The highest BCUT2D eigenvalue weighted by Gasteiger charge is 2.25. The van der Waals surface area contributed by atoms with E-state index in [1.165, 1.54) is 11.1 Å². The number of nitrogens with zero attached hydrogens (tertiary/aromatic N) is 3. The third-order valence-corrected chi connectivity index (χ3v) is 6.79. The maximum Gasteiger partial charge on any atom is 0.260 e. The molecule has 0 aliphatic carbocycles. The lowest BCUT2D eigenvalue weighted by Gasteiger charge is -2.24. The predicted octanol–water partition coefficient (Wildman–Crippen LogP) is 6.38. The second-order valence-electron chi connectivity index (χ2n) is 8.38. The number of amides is 1. The zero-order valence-corrected chi connectivity index (χ0v) is 22.9. The number of pyridine rings is 1. The number of aromatic nitrogens is 2. The van der Waals surface area contributed by atoms with Gasteiger partial charge in [-0.1, -0.05) is 88.0 Å². The predicted molar refractivity (Wildman–Crippen MR) is 151 cm³/mol. The molecule has 38 heavy (non-hydrogen) atoms. The molecule has 11 heteroatoms. The van der Waals surface area contributed by atoms with E-state index in [-0.39, 0.29) is 18.7 Å². The van der Waals surface area contributed by atoms with E-state index in [2.05, 4.69) is 10.1 Å². The molecule has 0 saturated carbocycles. The van der Waals surface area contributed by atoms with E-state index < -0.39 is 16.8 Å². The van der Waals surface area contributed by atoms with Crippen LogP contribution in [-0.2, 0) is 16.0 Å². The topological polar surface area (TPSA) is 102 Å². The third kappa shape index (κ3) is 6.73. The minimum Gasteiger partial charge on any atom is -0.354 e. The number of nitrogens with two attached hydrogens (primary N) is 1. The Balaban J connectivity index is 1.54. The number of alkyl halides is 2. The summed E-state index contributed by atoms with van der Waals surface area (Å²) in [6.07, 6.45) is 1.90. The van der Waals surface area contributed by atoms with E-state index >= 15 is 0 Å². The van der Waals surface area contributed by atoms with E-state index in [1.54, 1.807) is 36.4 Å². The van der Waals surface area contributed by atoms with Crippen LogP contribution in [0.4, 0.5) is 5.69 Å². The van der Waals surface area contributed by atoms with Crippen LogP contribution in [0.5, 0.6) is 0 Å². The molecular weight excluding hydrogens is 570 g/mol. The number of benzene rings is 2. The molecule has 2 aromatic carbocycles. The molecule has 4 rings (SSSR count). The average molecular weight is 592 g/mol. The van der Waals surface area contributed by atoms with Gasteiger partial charge in [0, 0.05) is 36.5 Å². The fraction of sp³-hybridized carbons (Fsp3) is 0.185. The molecule has 0 spiro atoms. The molecule has 0 radical (unpaired) electrons. The van der Waals surface area contributed by atoms with Crippen molar-refractivity contribution in [2.45, 2.75) is 23.7 Å². The normalized spacial score (nSPS) is 11.9.